The number of Topliss-reactive ketones (excluding diaryl/α,β-unsaturated/α-hetero) is 1. The van der Waals surface area contributed by atoms with Crippen LogP contribution in [-0.4, -0.2) is 26.6 Å². The van der Waals surface area contributed by atoms with E-state index in [2.05, 4.69) is 0 Å². The topological polar surface area (TPSA) is 44.8 Å². The molecular weight excluding hydrogens is 304 g/mol. The summed E-state index contributed by atoms with van der Waals surface area (Å²) in [6.45, 7) is 2.56. The van der Waals surface area contributed by atoms with E-state index in [0.717, 1.165) is 17.1 Å². The summed E-state index contributed by atoms with van der Waals surface area (Å²) in [7, 11) is 3.25. The summed E-state index contributed by atoms with van der Waals surface area (Å²) in [4.78, 5) is 12.4. The number of carbonyl (C=O) groups is 1. The van der Waals surface area contributed by atoms with E-state index in [9.17, 15) is 4.79 Å². The van der Waals surface area contributed by atoms with Gasteiger partial charge in [-0.2, -0.15) is 0 Å². The standard InChI is InChI=1S/C20H24O4/c1-4-24-20(16-7-11-18(23-3)12-8-16)14-13-19(21)15-5-9-17(22-2)10-6-15/h5-12,20H,4,13-14H2,1-3H3. The first-order valence-electron chi connectivity index (χ1n) is 8.10. The van der Waals surface area contributed by atoms with Crippen molar-refractivity contribution < 1.29 is 19.0 Å². The van der Waals surface area contributed by atoms with Gasteiger partial charge >= 0.3 is 0 Å². The SMILES string of the molecule is CCOC(CCC(=O)c1ccc(OC)cc1)c1ccc(OC)cc1. The van der Waals surface area contributed by atoms with Crippen LogP contribution in [0.2, 0.25) is 0 Å². The van der Waals surface area contributed by atoms with Crippen molar-refractivity contribution in [2.75, 3.05) is 20.8 Å². The Hall–Kier alpha value is -2.33. The first kappa shape index (κ1) is 18.0. The van der Waals surface area contributed by atoms with Gasteiger partial charge in [0.1, 0.15) is 11.5 Å². The van der Waals surface area contributed by atoms with E-state index in [4.69, 9.17) is 14.2 Å². The minimum absolute atomic E-state index is 0.0943. The molecule has 4 heteroatoms. The van der Waals surface area contributed by atoms with Crippen LogP contribution in [0.4, 0.5) is 0 Å². The maximum Gasteiger partial charge on any atom is 0.162 e. The number of methoxy groups -OCH3 is 2. The second-order valence-corrected chi connectivity index (χ2v) is 5.41. The molecule has 1 atom stereocenters. The Labute approximate surface area is 143 Å². The molecule has 0 saturated heterocycles. The molecule has 0 spiro atoms. The highest BCUT2D eigenvalue weighted by atomic mass is 16.5. The van der Waals surface area contributed by atoms with Gasteiger partial charge in [-0.15, -0.1) is 0 Å². The third-order valence-electron chi connectivity index (χ3n) is 3.90. The van der Waals surface area contributed by atoms with Crippen LogP contribution in [0.25, 0.3) is 0 Å². The number of carbonyl (C=O) groups excluding carboxylic acids is 1. The lowest BCUT2D eigenvalue weighted by Gasteiger charge is -2.17. The Morgan fingerprint density at radius 2 is 1.46 bits per heavy atom. The fraction of sp³-hybridized carbons (Fsp3) is 0.350. The van der Waals surface area contributed by atoms with Crippen molar-refractivity contribution in [3.05, 3.63) is 59.7 Å². The summed E-state index contributed by atoms with van der Waals surface area (Å²) in [6.07, 6.45) is 0.983. The molecule has 0 bridgehead atoms. The van der Waals surface area contributed by atoms with Gasteiger partial charge in [0.25, 0.3) is 0 Å². The number of rotatable bonds is 9. The van der Waals surface area contributed by atoms with Crippen molar-refractivity contribution in [1.29, 1.82) is 0 Å². The molecule has 1 unspecified atom stereocenters. The average molecular weight is 328 g/mol. The molecule has 2 aromatic carbocycles. The average Bonchev–Trinajstić information content (AvgIpc) is 2.65. The van der Waals surface area contributed by atoms with Gasteiger partial charge in [0.2, 0.25) is 0 Å². The lowest BCUT2D eigenvalue weighted by Crippen LogP contribution is -2.08. The molecule has 0 aliphatic rings. The summed E-state index contributed by atoms with van der Waals surface area (Å²) in [6, 6.07) is 15.0. The molecule has 128 valence electrons. The normalized spacial score (nSPS) is 11.8. The largest absolute Gasteiger partial charge is 0.497 e. The van der Waals surface area contributed by atoms with Crippen molar-refractivity contribution >= 4 is 5.78 Å². The summed E-state index contributed by atoms with van der Waals surface area (Å²) in [5.41, 5.74) is 1.75. The Kier molecular flexibility index (Phi) is 6.82. The molecule has 0 N–H and O–H groups in total. The van der Waals surface area contributed by atoms with E-state index in [1.54, 1.807) is 38.5 Å². The molecule has 0 aliphatic carbocycles. The van der Waals surface area contributed by atoms with Gasteiger partial charge in [-0.25, -0.2) is 0 Å². The summed E-state index contributed by atoms with van der Waals surface area (Å²) < 4.78 is 16.1. The molecule has 0 saturated carbocycles. The third-order valence-corrected chi connectivity index (χ3v) is 3.90. The van der Waals surface area contributed by atoms with Crippen molar-refractivity contribution in [3.8, 4) is 11.5 Å². The fourth-order valence-corrected chi connectivity index (χ4v) is 2.55. The highest BCUT2D eigenvalue weighted by Gasteiger charge is 2.15. The molecule has 0 radical (unpaired) electrons. The highest BCUT2D eigenvalue weighted by molar-refractivity contribution is 5.96. The molecule has 0 aliphatic heterocycles. The number of ether oxygens (including phenoxy) is 3. The van der Waals surface area contributed by atoms with Crippen LogP contribution in [0.3, 0.4) is 0 Å². The number of hydrogen-bond donors (Lipinski definition) is 0. The quantitative estimate of drug-likeness (QED) is 0.638. The van der Waals surface area contributed by atoms with Gasteiger partial charge in [-0.1, -0.05) is 12.1 Å². The van der Waals surface area contributed by atoms with Crippen LogP contribution in [0.1, 0.15) is 41.8 Å². The molecule has 0 amide bonds. The highest BCUT2D eigenvalue weighted by Crippen LogP contribution is 2.26. The van der Waals surface area contributed by atoms with E-state index in [-0.39, 0.29) is 11.9 Å². The number of benzene rings is 2. The second kappa shape index (κ2) is 9.08. The molecule has 0 heterocycles. The summed E-state index contributed by atoms with van der Waals surface area (Å²) >= 11 is 0. The predicted molar refractivity (Wildman–Crippen MR) is 93.9 cm³/mol. The van der Waals surface area contributed by atoms with E-state index in [0.29, 0.717) is 25.0 Å². The second-order valence-electron chi connectivity index (χ2n) is 5.41. The Balaban J connectivity index is 2.00. The lowest BCUT2D eigenvalue weighted by molar-refractivity contribution is 0.0527. The van der Waals surface area contributed by atoms with E-state index >= 15 is 0 Å². The summed E-state index contributed by atoms with van der Waals surface area (Å²) in [5, 5.41) is 0. The molecule has 4 nitrogen and oxygen atoms in total. The van der Waals surface area contributed by atoms with E-state index in [1.807, 2.05) is 31.2 Å². The van der Waals surface area contributed by atoms with Crippen LogP contribution in [-0.2, 0) is 4.74 Å². The van der Waals surface area contributed by atoms with Gasteiger partial charge in [0.05, 0.1) is 20.3 Å². The van der Waals surface area contributed by atoms with Gasteiger partial charge in [-0.05, 0) is 55.3 Å². The fourth-order valence-electron chi connectivity index (χ4n) is 2.55. The summed E-state index contributed by atoms with van der Waals surface area (Å²) in [5.74, 6) is 1.66. The van der Waals surface area contributed by atoms with Gasteiger partial charge in [0.15, 0.2) is 5.78 Å². The Morgan fingerprint density at radius 1 is 0.917 bits per heavy atom. The minimum Gasteiger partial charge on any atom is -0.497 e. The minimum atomic E-state index is -0.0943. The zero-order chi connectivity index (χ0) is 17.4. The van der Waals surface area contributed by atoms with Crippen molar-refractivity contribution in [2.24, 2.45) is 0 Å². The maximum atomic E-state index is 12.4. The Morgan fingerprint density at radius 3 is 1.96 bits per heavy atom. The van der Waals surface area contributed by atoms with Gasteiger partial charge < -0.3 is 14.2 Å². The van der Waals surface area contributed by atoms with Crippen LogP contribution in [0, 0.1) is 0 Å². The zero-order valence-electron chi connectivity index (χ0n) is 14.5. The third kappa shape index (κ3) is 4.83. The molecule has 0 fully saturated rings. The monoisotopic (exact) mass is 328 g/mol. The lowest BCUT2D eigenvalue weighted by atomic mass is 10.00. The smallest absolute Gasteiger partial charge is 0.162 e. The van der Waals surface area contributed by atoms with Crippen LogP contribution >= 0.6 is 0 Å². The van der Waals surface area contributed by atoms with Crippen LogP contribution in [0.15, 0.2) is 48.5 Å². The molecule has 24 heavy (non-hydrogen) atoms. The molecule has 2 aromatic rings. The van der Waals surface area contributed by atoms with E-state index in [1.165, 1.54) is 0 Å². The zero-order valence-corrected chi connectivity index (χ0v) is 14.5. The van der Waals surface area contributed by atoms with Crippen molar-refractivity contribution in [3.63, 3.8) is 0 Å². The van der Waals surface area contributed by atoms with Gasteiger partial charge in [0, 0.05) is 18.6 Å². The van der Waals surface area contributed by atoms with Crippen molar-refractivity contribution in [1.82, 2.24) is 0 Å². The number of ketones is 1. The molecule has 0 aromatic heterocycles. The van der Waals surface area contributed by atoms with E-state index < -0.39 is 0 Å². The molecular formula is C20H24O4. The molecule has 2 rings (SSSR count). The predicted octanol–water partition coefficient (Wildman–Crippen LogP) is 4.44. The first-order chi connectivity index (χ1) is 11.7. The van der Waals surface area contributed by atoms with Crippen molar-refractivity contribution in [2.45, 2.75) is 25.9 Å². The maximum absolute atomic E-state index is 12.4. The van der Waals surface area contributed by atoms with Crippen LogP contribution in [0.5, 0.6) is 11.5 Å². The van der Waals surface area contributed by atoms with Gasteiger partial charge in [-0.3, -0.25) is 4.79 Å². The van der Waals surface area contributed by atoms with Crippen LogP contribution < -0.4 is 9.47 Å². The number of hydrogen-bond acceptors (Lipinski definition) is 4. The first-order valence-corrected chi connectivity index (χ1v) is 8.10. The Bertz CT molecular complexity index is 632.